The van der Waals surface area contributed by atoms with Crippen molar-refractivity contribution in [1.29, 1.82) is 0 Å². The summed E-state index contributed by atoms with van der Waals surface area (Å²) in [6.45, 7) is 4.30. The molecule has 2 amide bonds. The van der Waals surface area contributed by atoms with Crippen LogP contribution in [-0.4, -0.2) is 30.5 Å². The Morgan fingerprint density at radius 3 is 2.62 bits per heavy atom. The topological polar surface area (TPSA) is 67.4 Å². The normalized spacial score (nSPS) is 19.8. The van der Waals surface area contributed by atoms with Gasteiger partial charge in [0.05, 0.1) is 6.04 Å². The smallest absolute Gasteiger partial charge is 0.236 e. The molecule has 24 heavy (non-hydrogen) atoms. The molecule has 2 N–H and O–H groups in total. The molecule has 0 heterocycles. The van der Waals surface area contributed by atoms with E-state index in [1.807, 2.05) is 38.1 Å². The molecule has 0 unspecified atom stereocenters. The van der Waals surface area contributed by atoms with Crippen molar-refractivity contribution in [2.24, 2.45) is 5.41 Å². The number of hydrogen-bond acceptors (Lipinski definition) is 3. The molecule has 0 saturated heterocycles. The lowest BCUT2D eigenvalue weighted by atomic mass is 9.67. The van der Waals surface area contributed by atoms with E-state index in [-0.39, 0.29) is 23.9 Å². The Hall–Kier alpha value is -2.04. The van der Waals surface area contributed by atoms with Crippen molar-refractivity contribution in [3.8, 4) is 5.75 Å². The fraction of sp³-hybridized carbons (Fsp3) is 0.579. The zero-order valence-corrected chi connectivity index (χ0v) is 14.4. The number of carbonyl (C=O) groups is 2. The van der Waals surface area contributed by atoms with Crippen molar-refractivity contribution in [1.82, 2.24) is 10.6 Å². The van der Waals surface area contributed by atoms with Gasteiger partial charge < -0.3 is 15.4 Å². The number of benzene rings is 1. The third-order valence-electron chi connectivity index (χ3n) is 4.86. The Labute approximate surface area is 143 Å². The highest BCUT2D eigenvalue weighted by Gasteiger charge is 2.51. The van der Waals surface area contributed by atoms with E-state index in [0.717, 1.165) is 30.6 Å². The fourth-order valence-corrected chi connectivity index (χ4v) is 2.97. The first-order chi connectivity index (χ1) is 11.5. The number of aryl methyl sites for hydroxylation is 1. The second kappa shape index (κ2) is 6.83. The minimum absolute atomic E-state index is 0.0967. The molecule has 2 saturated carbocycles. The van der Waals surface area contributed by atoms with Crippen LogP contribution >= 0.6 is 0 Å². The maximum atomic E-state index is 12.6. The molecule has 2 aliphatic rings. The molecule has 2 fully saturated rings. The molecule has 130 valence electrons. The molecular weight excluding hydrogens is 304 g/mol. The molecule has 2 aliphatic carbocycles. The van der Waals surface area contributed by atoms with Crippen LogP contribution in [0.1, 0.15) is 44.6 Å². The van der Waals surface area contributed by atoms with Crippen LogP contribution in [0, 0.1) is 12.3 Å². The van der Waals surface area contributed by atoms with Gasteiger partial charge in [0, 0.05) is 6.04 Å². The molecule has 0 aromatic heterocycles. The molecule has 0 bridgehead atoms. The summed E-state index contributed by atoms with van der Waals surface area (Å²) in [5.74, 6) is 0.536. The predicted molar refractivity (Wildman–Crippen MR) is 91.7 cm³/mol. The quantitative estimate of drug-likeness (QED) is 0.754. The van der Waals surface area contributed by atoms with Crippen molar-refractivity contribution < 1.29 is 14.3 Å². The van der Waals surface area contributed by atoms with Gasteiger partial charge in [0.25, 0.3) is 0 Å². The molecule has 0 spiro atoms. The summed E-state index contributed by atoms with van der Waals surface area (Å²) in [7, 11) is 0. The number of carbonyl (C=O) groups excluding carboxylic acids is 2. The molecule has 0 aliphatic heterocycles. The highest BCUT2D eigenvalue weighted by atomic mass is 16.5. The van der Waals surface area contributed by atoms with Crippen LogP contribution in [0.5, 0.6) is 5.75 Å². The third-order valence-corrected chi connectivity index (χ3v) is 4.86. The Bertz CT molecular complexity index is 621. The average Bonchev–Trinajstić information content (AvgIpc) is 3.28. The molecule has 5 heteroatoms. The summed E-state index contributed by atoms with van der Waals surface area (Å²) in [5.41, 5.74) is 0.273. The molecule has 1 atom stereocenters. The second-order valence-electron chi connectivity index (χ2n) is 7.19. The first-order valence-corrected chi connectivity index (χ1v) is 8.81. The van der Waals surface area contributed by atoms with Gasteiger partial charge in [0.15, 0.2) is 0 Å². The van der Waals surface area contributed by atoms with Crippen LogP contribution in [0.2, 0.25) is 0 Å². The largest absolute Gasteiger partial charge is 0.491 e. The number of ether oxygens (including phenoxy) is 1. The zero-order valence-electron chi connectivity index (χ0n) is 14.4. The van der Waals surface area contributed by atoms with Crippen LogP contribution in [0.4, 0.5) is 0 Å². The van der Waals surface area contributed by atoms with Crippen LogP contribution < -0.4 is 15.4 Å². The van der Waals surface area contributed by atoms with Gasteiger partial charge in [0.1, 0.15) is 17.8 Å². The maximum Gasteiger partial charge on any atom is 0.236 e. The number of rotatable bonds is 7. The number of nitrogens with one attached hydrogen (secondary N) is 2. The summed E-state index contributed by atoms with van der Waals surface area (Å²) in [6.07, 6.45) is 4.28. The van der Waals surface area contributed by atoms with Gasteiger partial charge in [0.2, 0.25) is 11.8 Å². The van der Waals surface area contributed by atoms with Crippen LogP contribution in [0.3, 0.4) is 0 Å². The molecular formula is C19H26N2O3. The Morgan fingerprint density at radius 2 is 2.04 bits per heavy atom. The number of hydrogen-bond donors (Lipinski definition) is 2. The molecule has 1 aromatic rings. The minimum Gasteiger partial charge on any atom is -0.491 e. The SMILES string of the molecule is Cc1cccc(OC[C@@H](C)NC(=O)C2(C(=O)NC3CC3)CCC2)c1. The van der Waals surface area contributed by atoms with Crippen molar-refractivity contribution in [2.45, 2.75) is 58.0 Å². The van der Waals surface area contributed by atoms with Crippen LogP contribution in [-0.2, 0) is 9.59 Å². The monoisotopic (exact) mass is 330 g/mol. The van der Waals surface area contributed by atoms with Crippen LogP contribution in [0.15, 0.2) is 24.3 Å². The van der Waals surface area contributed by atoms with Gasteiger partial charge in [-0.05, 0) is 57.2 Å². The molecule has 0 radical (unpaired) electrons. The first kappa shape index (κ1) is 16.8. The summed E-state index contributed by atoms with van der Waals surface area (Å²) < 4.78 is 5.73. The zero-order chi connectivity index (χ0) is 17.2. The maximum absolute atomic E-state index is 12.6. The van der Waals surface area contributed by atoms with E-state index in [9.17, 15) is 9.59 Å². The minimum atomic E-state index is -0.861. The van der Waals surface area contributed by atoms with Crippen LogP contribution in [0.25, 0.3) is 0 Å². The standard InChI is InChI=1S/C19H26N2O3/c1-13-5-3-6-16(11-13)24-12-14(2)20-17(22)19(9-4-10-19)18(23)21-15-7-8-15/h3,5-6,11,14-15H,4,7-10,12H2,1-2H3,(H,20,22)(H,21,23)/t14-/m1/s1. The summed E-state index contributed by atoms with van der Waals surface area (Å²) in [5, 5.41) is 5.94. The lowest BCUT2D eigenvalue weighted by molar-refractivity contribution is -0.150. The van der Waals surface area contributed by atoms with Crippen molar-refractivity contribution in [2.75, 3.05) is 6.61 Å². The van der Waals surface area contributed by atoms with E-state index in [1.54, 1.807) is 0 Å². The Morgan fingerprint density at radius 1 is 1.29 bits per heavy atom. The van der Waals surface area contributed by atoms with Gasteiger partial charge in [-0.1, -0.05) is 18.6 Å². The van der Waals surface area contributed by atoms with E-state index in [1.165, 1.54) is 0 Å². The van der Waals surface area contributed by atoms with Gasteiger partial charge in [-0.3, -0.25) is 9.59 Å². The Kier molecular flexibility index (Phi) is 4.78. The van der Waals surface area contributed by atoms with E-state index in [2.05, 4.69) is 10.6 Å². The molecule has 3 rings (SSSR count). The summed E-state index contributed by atoms with van der Waals surface area (Å²) >= 11 is 0. The highest BCUT2D eigenvalue weighted by Crippen LogP contribution is 2.42. The average molecular weight is 330 g/mol. The lowest BCUT2D eigenvalue weighted by Crippen LogP contribution is -2.57. The molecule has 1 aromatic carbocycles. The fourth-order valence-electron chi connectivity index (χ4n) is 2.97. The van der Waals surface area contributed by atoms with E-state index in [0.29, 0.717) is 19.4 Å². The predicted octanol–water partition coefficient (Wildman–Crippen LogP) is 2.33. The van der Waals surface area contributed by atoms with Crippen molar-refractivity contribution in [3.05, 3.63) is 29.8 Å². The Balaban J connectivity index is 1.51. The third kappa shape index (κ3) is 3.71. The van der Waals surface area contributed by atoms with Crippen molar-refractivity contribution >= 4 is 11.8 Å². The van der Waals surface area contributed by atoms with Crippen molar-refractivity contribution in [3.63, 3.8) is 0 Å². The van der Waals surface area contributed by atoms with Gasteiger partial charge in [-0.2, -0.15) is 0 Å². The molecule has 5 nitrogen and oxygen atoms in total. The van der Waals surface area contributed by atoms with Gasteiger partial charge in [-0.25, -0.2) is 0 Å². The summed E-state index contributed by atoms with van der Waals surface area (Å²) in [6, 6.07) is 7.95. The second-order valence-corrected chi connectivity index (χ2v) is 7.19. The van der Waals surface area contributed by atoms with E-state index in [4.69, 9.17) is 4.74 Å². The summed E-state index contributed by atoms with van der Waals surface area (Å²) in [4.78, 5) is 25.1. The first-order valence-electron chi connectivity index (χ1n) is 8.81. The van der Waals surface area contributed by atoms with Gasteiger partial charge >= 0.3 is 0 Å². The number of amides is 2. The van der Waals surface area contributed by atoms with Gasteiger partial charge in [-0.15, -0.1) is 0 Å². The van der Waals surface area contributed by atoms with E-state index < -0.39 is 5.41 Å². The lowest BCUT2D eigenvalue weighted by Gasteiger charge is -2.39. The van der Waals surface area contributed by atoms with E-state index >= 15 is 0 Å². The highest BCUT2D eigenvalue weighted by molar-refractivity contribution is 6.06.